The number of fused-ring (bicyclic) bond motifs is 1. The standard InChI is InChI=1S/C20H27N7O5/c1-2-21-19(28)22-15-11-30-18-16(12-31-17(15)18)27-20(23-24-25-27)32-14-5-3-4-13(10-14)26-6-8-29-9-7-26/h3-5,10,15-18H,2,6-9,11-12H2,1H3,(H2,21,22,28)/t15-,16+,17-,18+/m1/s1. The number of nitrogens with zero attached hydrogens (tertiary/aromatic N) is 5. The predicted octanol–water partition coefficient (Wildman–Crippen LogP) is 0.328. The summed E-state index contributed by atoms with van der Waals surface area (Å²) >= 11 is 0. The number of carbonyl (C=O) groups excluding carboxylic acids is 1. The first-order valence-electron chi connectivity index (χ1n) is 10.9. The Kier molecular flexibility index (Phi) is 6.06. The predicted molar refractivity (Wildman–Crippen MR) is 112 cm³/mol. The number of rotatable bonds is 6. The molecule has 3 aliphatic rings. The fraction of sp³-hybridized carbons (Fsp3) is 0.600. The van der Waals surface area contributed by atoms with Gasteiger partial charge in [-0.2, -0.15) is 4.68 Å². The smallest absolute Gasteiger partial charge is 0.341 e. The van der Waals surface area contributed by atoms with Crippen molar-refractivity contribution in [2.75, 3.05) is 51.0 Å². The zero-order chi connectivity index (χ0) is 21.9. The molecule has 0 aliphatic carbocycles. The maximum atomic E-state index is 11.9. The summed E-state index contributed by atoms with van der Waals surface area (Å²) in [4.78, 5) is 14.1. The molecule has 0 bridgehead atoms. The van der Waals surface area contributed by atoms with E-state index in [1.54, 1.807) is 4.68 Å². The van der Waals surface area contributed by atoms with Crippen molar-refractivity contribution >= 4 is 11.7 Å². The minimum absolute atomic E-state index is 0.234. The molecule has 0 unspecified atom stereocenters. The Morgan fingerprint density at radius 2 is 2.06 bits per heavy atom. The van der Waals surface area contributed by atoms with Crippen molar-refractivity contribution in [3.63, 3.8) is 0 Å². The molecule has 12 heteroatoms. The second-order valence-electron chi connectivity index (χ2n) is 7.88. The van der Waals surface area contributed by atoms with Gasteiger partial charge in [0, 0.05) is 31.4 Å². The van der Waals surface area contributed by atoms with Crippen molar-refractivity contribution in [3.8, 4) is 11.8 Å². The van der Waals surface area contributed by atoms with Crippen molar-refractivity contribution in [2.45, 2.75) is 31.2 Å². The van der Waals surface area contributed by atoms with Crippen LogP contribution in [0.2, 0.25) is 0 Å². The molecule has 4 heterocycles. The molecular formula is C20H27N7O5. The summed E-state index contributed by atoms with van der Waals surface area (Å²) in [5, 5.41) is 17.6. The van der Waals surface area contributed by atoms with Gasteiger partial charge >= 0.3 is 12.0 Å². The molecule has 12 nitrogen and oxygen atoms in total. The summed E-state index contributed by atoms with van der Waals surface area (Å²) in [7, 11) is 0. The van der Waals surface area contributed by atoms with Crippen molar-refractivity contribution < 1.29 is 23.7 Å². The van der Waals surface area contributed by atoms with Crippen LogP contribution in [0.25, 0.3) is 0 Å². The van der Waals surface area contributed by atoms with E-state index in [4.69, 9.17) is 18.9 Å². The molecule has 3 fully saturated rings. The van der Waals surface area contributed by atoms with Crippen LogP contribution < -0.4 is 20.3 Å². The number of benzene rings is 1. The average molecular weight is 445 g/mol. The average Bonchev–Trinajstić information content (AvgIpc) is 3.53. The van der Waals surface area contributed by atoms with Crippen molar-refractivity contribution in [3.05, 3.63) is 24.3 Å². The molecule has 172 valence electrons. The summed E-state index contributed by atoms with van der Waals surface area (Å²) in [5.41, 5.74) is 1.06. The van der Waals surface area contributed by atoms with Gasteiger partial charge in [0.15, 0.2) is 0 Å². The summed E-state index contributed by atoms with van der Waals surface area (Å²) in [6, 6.07) is 7.37. The lowest BCUT2D eigenvalue weighted by molar-refractivity contribution is 0.0613. The zero-order valence-corrected chi connectivity index (χ0v) is 17.8. The van der Waals surface area contributed by atoms with Crippen LogP contribution in [0.1, 0.15) is 13.0 Å². The first-order valence-corrected chi connectivity index (χ1v) is 10.9. The molecule has 3 saturated heterocycles. The molecule has 5 rings (SSSR count). The van der Waals surface area contributed by atoms with E-state index in [1.165, 1.54) is 0 Å². The van der Waals surface area contributed by atoms with Gasteiger partial charge in [0.25, 0.3) is 0 Å². The molecule has 1 aromatic heterocycles. The molecule has 32 heavy (non-hydrogen) atoms. The van der Waals surface area contributed by atoms with Crippen molar-refractivity contribution in [2.24, 2.45) is 0 Å². The number of aromatic nitrogens is 4. The number of carbonyl (C=O) groups is 1. The Morgan fingerprint density at radius 3 is 2.91 bits per heavy atom. The number of nitrogens with one attached hydrogen (secondary N) is 2. The zero-order valence-electron chi connectivity index (χ0n) is 17.8. The third-order valence-corrected chi connectivity index (χ3v) is 5.86. The Hall–Kier alpha value is -2.96. The number of anilines is 1. The molecule has 0 radical (unpaired) electrons. The highest BCUT2D eigenvalue weighted by Crippen LogP contribution is 2.36. The first kappa shape index (κ1) is 20.9. The van der Waals surface area contributed by atoms with Gasteiger partial charge in [-0.15, -0.1) is 0 Å². The molecule has 2 N–H and O–H groups in total. The number of tetrazole rings is 1. The minimum Gasteiger partial charge on any atom is -0.423 e. The van der Waals surface area contributed by atoms with Crippen LogP contribution in [0, 0.1) is 0 Å². The van der Waals surface area contributed by atoms with Gasteiger partial charge in [0.2, 0.25) is 0 Å². The largest absolute Gasteiger partial charge is 0.423 e. The fourth-order valence-electron chi connectivity index (χ4n) is 4.32. The number of morpholine rings is 1. The van der Waals surface area contributed by atoms with Crippen LogP contribution >= 0.6 is 0 Å². The second kappa shape index (κ2) is 9.27. The van der Waals surface area contributed by atoms with Gasteiger partial charge in [-0.1, -0.05) is 11.2 Å². The summed E-state index contributed by atoms with van der Waals surface area (Å²) in [6.45, 7) is 6.24. The van der Waals surface area contributed by atoms with E-state index in [0.717, 1.165) is 18.8 Å². The quantitative estimate of drug-likeness (QED) is 0.647. The first-order chi connectivity index (χ1) is 15.7. The topological polar surface area (TPSA) is 125 Å². The molecule has 3 aliphatic heterocycles. The molecular weight excluding hydrogens is 418 g/mol. The third-order valence-electron chi connectivity index (χ3n) is 5.86. The molecule has 1 aromatic carbocycles. The lowest BCUT2D eigenvalue weighted by Gasteiger charge is -2.29. The molecule has 0 saturated carbocycles. The van der Waals surface area contributed by atoms with E-state index < -0.39 is 0 Å². The third kappa shape index (κ3) is 4.20. The highest BCUT2D eigenvalue weighted by atomic mass is 16.6. The fourth-order valence-corrected chi connectivity index (χ4v) is 4.32. The number of amides is 2. The lowest BCUT2D eigenvalue weighted by Crippen LogP contribution is -2.48. The van der Waals surface area contributed by atoms with E-state index in [9.17, 15) is 4.79 Å². The van der Waals surface area contributed by atoms with E-state index >= 15 is 0 Å². The van der Waals surface area contributed by atoms with E-state index in [2.05, 4.69) is 31.1 Å². The Labute approximate surface area is 185 Å². The number of hydrogen-bond acceptors (Lipinski definition) is 9. The lowest BCUT2D eigenvalue weighted by atomic mass is 10.1. The van der Waals surface area contributed by atoms with Crippen LogP contribution in [-0.4, -0.2) is 90.5 Å². The van der Waals surface area contributed by atoms with Gasteiger partial charge in [0.05, 0.1) is 32.5 Å². The van der Waals surface area contributed by atoms with Crippen LogP contribution in [0.4, 0.5) is 10.5 Å². The highest BCUT2D eigenvalue weighted by molar-refractivity contribution is 5.74. The van der Waals surface area contributed by atoms with Crippen LogP contribution in [0.3, 0.4) is 0 Å². The van der Waals surface area contributed by atoms with Gasteiger partial charge in [-0.25, -0.2) is 4.79 Å². The van der Waals surface area contributed by atoms with Gasteiger partial charge < -0.3 is 34.5 Å². The number of urea groups is 1. The summed E-state index contributed by atoms with van der Waals surface area (Å²) in [5.74, 6) is 0.642. The van der Waals surface area contributed by atoms with Crippen LogP contribution in [0.15, 0.2) is 24.3 Å². The van der Waals surface area contributed by atoms with Gasteiger partial charge in [0.1, 0.15) is 24.0 Å². The molecule has 0 spiro atoms. The van der Waals surface area contributed by atoms with Gasteiger partial charge in [-0.3, -0.25) is 0 Å². The molecule has 4 atom stereocenters. The van der Waals surface area contributed by atoms with E-state index in [-0.39, 0.29) is 36.3 Å². The Bertz CT molecular complexity index is 935. The van der Waals surface area contributed by atoms with Crippen LogP contribution in [0.5, 0.6) is 11.8 Å². The maximum absolute atomic E-state index is 11.9. The molecule has 2 aromatic rings. The van der Waals surface area contributed by atoms with Crippen molar-refractivity contribution in [1.29, 1.82) is 0 Å². The number of ether oxygens (including phenoxy) is 4. The van der Waals surface area contributed by atoms with E-state index in [0.29, 0.717) is 38.7 Å². The highest BCUT2D eigenvalue weighted by Gasteiger charge is 2.50. The molecule has 2 amide bonds. The van der Waals surface area contributed by atoms with E-state index in [1.807, 2.05) is 31.2 Å². The number of hydrogen-bond donors (Lipinski definition) is 2. The summed E-state index contributed by atoms with van der Waals surface area (Å²) in [6.07, 6.45) is -0.559. The maximum Gasteiger partial charge on any atom is 0.341 e. The van der Waals surface area contributed by atoms with Gasteiger partial charge in [-0.05, 0) is 29.5 Å². The SMILES string of the molecule is CCNC(=O)N[C@@H]1CO[C@@H]2[C@@H]1OC[C@@H]2n1nnnc1Oc1cccc(N2CCOCC2)c1. The summed E-state index contributed by atoms with van der Waals surface area (Å²) < 4.78 is 25.0. The monoisotopic (exact) mass is 445 g/mol. The Balaban J connectivity index is 1.27. The Morgan fingerprint density at radius 1 is 1.22 bits per heavy atom. The van der Waals surface area contributed by atoms with Crippen LogP contribution in [-0.2, 0) is 14.2 Å². The normalized spacial score (nSPS) is 27.2. The van der Waals surface area contributed by atoms with Crippen molar-refractivity contribution in [1.82, 2.24) is 30.8 Å². The minimum atomic E-state index is -0.285. The second-order valence-corrected chi connectivity index (χ2v) is 7.88.